The molecule has 1 aromatic carbocycles. The molecule has 0 aliphatic heterocycles. The lowest BCUT2D eigenvalue weighted by molar-refractivity contribution is -0.143. The number of hydrogen-bond acceptors (Lipinski definition) is 5. The van der Waals surface area contributed by atoms with Crippen LogP contribution < -0.4 is 10.6 Å². The number of methoxy groups -OCH3 is 1. The first-order chi connectivity index (χ1) is 11.3. The Labute approximate surface area is 143 Å². The van der Waals surface area contributed by atoms with Gasteiger partial charge in [0.25, 0.3) is 0 Å². The highest BCUT2D eigenvalue weighted by Crippen LogP contribution is 2.07. The summed E-state index contributed by atoms with van der Waals surface area (Å²) in [6, 6.07) is 9.43. The first-order valence-corrected chi connectivity index (χ1v) is 8.14. The van der Waals surface area contributed by atoms with E-state index in [1.165, 1.54) is 7.11 Å². The van der Waals surface area contributed by atoms with E-state index >= 15 is 0 Å². The lowest BCUT2D eigenvalue weighted by atomic mass is 10.1. The van der Waals surface area contributed by atoms with Crippen molar-refractivity contribution < 1.29 is 19.1 Å². The molecule has 0 unspecified atom stereocenters. The van der Waals surface area contributed by atoms with E-state index in [0.29, 0.717) is 25.9 Å². The van der Waals surface area contributed by atoms with Crippen molar-refractivity contribution in [1.82, 2.24) is 10.6 Å². The molecular formula is C18H28N2O4. The maximum atomic E-state index is 11.9. The smallest absolute Gasteiger partial charge is 0.407 e. The fourth-order valence-corrected chi connectivity index (χ4v) is 2.09. The van der Waals surface area contributed by atoms with Crippen molar-refractivity contribution in [1.29, 1.82) is 0 Å². The molecule has 0 aromatic heterocycles. The molecule has 1 atom stereocenters. The van der Waals surface area contributed by atoms with Gasteiger partial charge in [-0.3, -0.25) is 4.79 Å². The minimum absolute atomic E-state index is 0.303. The van der Waals surface area contributed by atoms with E-state index < -0.39 is 17.7 Å². The summed E-state index contributed by atoms with van der Waals surface area (Å²) < 4.78 is 9.99. The number of hydrogen-bond donors (Lipinski definition) is 2. The normalized spacial score (nSPS) is 12.3. The third kappa shape index (κ3) is 8.53. The van der Waals surface area contributed by atoms with Gasteiger partial charge in [0, 0.05) is 13.1 Å². The molecule has 1 rings (SSSR count). The van der Waals surface area contributed by atoms with Crippen LogP contribution in [0.25, 0.3) is 0 Å². The lowest BCUT2D eigenvalue weighted by Crippen LogP contribution is -2.38. The summed E-state index contributed by atoms with van der Waals surface area (Å²) in [4.78, 5) is 23.4. The largest absolute Gasteiger partial charge is 0.468 e. The molecule has 0 fully saturated rings. The van der Waals surface area contributed by atoms with Crippen molar-refractivity contribution in [3.05, 3.63) is 35.9 Å². The highest BCUT2D eigenvalue weighted by atomic mass is 16.6. The predicted octanol–water partition coefficient (Wildman–Crippen LogP) is 2.62. The van der Waals surface area contributed by atoms with Crippen molar-refractivity contribution in [2.75, 3.05) is 13.7 Å². The number of benzene rings is 1. The Hall–Kier alpha value is -2.08. The number of esters is 1. The van der Waals surface area contributed by atoms with Crippen LogP contribution in [0.3, 0.4) is 0 Å². The molecule has 0 aliphatic carbocycles. The van der Waals surface area contributed by atoms with Crippen molar-refractivity contribution >= 4 is 12.1 Å². The highest BCUT2D eigenvalue weighted by Gasteiger charge is 2.19. The topological polar surface area (TPSA) is 76.7 Å². The number of carbonyl (C=O) groups is 2. The molecule has 6 heteroatoms. The number of amides is 1. The number of ether oxygens (including phenoxy) is 2. The molecule has 0 radical (unpaired) electrons. The first kappa shape index (κ1) is 20.0. The first-order valence-electron chi connectivity index (χ1n) is 8.14. The van der Waals surface area contributed by atoms with Crippen molar-refractivity contribution in [2.45, 2.75) is 51.8 Å². The van der Waals surface area contributed by atoms with Gasteiger partial charge in [0.15, 0.2) is 0 Å². The van der Waals surface area contributed by atoms with Crippen LogP contribution in [0.2, 0.25) is 0 Å². The van der Waals surface area contributed by atoms with Crippen molar-refractivity contribution in [3.8, 4) is 0 Å². The van der Waals surface area contributed by atoms with Crippen LogP contribution >= 0.6 is 0 Å². The molecule has 0 aliphatic rings. The number of rotatable bonds is 8. The molecule has 2 N–H and O–H groups in total. The van der Waals surface area contributed by atoms with E-state index in [2.05, 4.69) is 10.6 Å². The fraction of sp³-hybridized carbons (Fsp3) is 0.556. The van der Waals surface area contributed by atoms with Gasteiger partial charge in [0.1, 0.15) is 11.6 Å². The Morgan fingerprint density at radius 1 is 1.17 bits per heavy atom. The fourth-order valence-electron chi connectivity index (χ4n) is 2.09. The number of carbonyl (C=O) groups excluding carboxylic acids is 2. The maximum absolute atomic E-state index is 11.9. The lowest BCUT2D eigenvalue weighted by Gasteiger charge is -2.20. The van der Waals surface area contributed by atoms with E-state index in [4.69, 9.17) is 9.47 Å². The van der Waals surface area contributed by atoms with E-state index in [9.17, 15) is 9.59 Å². The van der Waals surface area contributed by atoms with Crippen LogP contribution in [0.1, 0.15) is 39.2 Å². The Morgan fingerprint density at radius 3 is 2.42 bits per heavy atom. The van der Waals surface area contributed by atoms with Gasteiger partial charge in [-0.1, -0.05) is 30.3 Å². The summed E-state index contributed by atoms with van der Waals surface area (Å²) in [6.07, 6.45) is 0.755. The van der Waals surface area contributed by atoms with Gasteiger partial charge in [-0.2, -0.15) is 0 Å². The number of alkyl carbamates (subject to hydrolysis) is 1. The van der Waals surface area contributed by atoms with Crippen LogP contribution in [-0.2, 0) is 20.8 Å². The monoisotopic (exact) mass is 336 g/mol. The van der Waals surface area contributed by atoms with Gasteiger partial charge in [0.05, 0.1) is 7.11 Å². The molecule has 6 nitrogen and oxygen atoms in total. The summed E-state index contributed by atoms with van der Waals surface area (Å²) in [5.74, 6) is -0.303. The Kier molecular flexibility index (Phi) is 8.26. The Morgan fingerprint density at radius 2 is 1.83 bits per heavy atom. The zero-order valence-corrected chi connectivity index (χ0v) is 14.9. The summed E-state index contributed by atoms with van der Waals surface area (Å²) in [6.45, 7) is 6.46. The Bertz CT molecular complexity index is 512. The SMILES string of the molecule is COC(=O)[C@H](CCCNC(=O)OC(C)(C)C)NCc1ccccc1. The maximum Gasteiger partial charge on any atom is 0.407 e. The standard InChI is InChI=1S/C18H28N2O4/c1-18(2,3)24-17(22)19-12-8-11-15(16(21)23-4)20-13-14-9-6-5-7-10-14/h5-7,9-10,15,20H,8,11-13H2,1-4H3,(H,19,22)/t15-/m0/s1. The summed E-state index contributed by atoms with van der Waals surface area (Å²) in [5, 5.41) is 5.88. The zero-order valence-electron chi connectivity index (χ0n) is 14.9. The van der Waals surface area contributed by atoms with Gasteiger partial charge in [-0.15, -0.1) is 0 Å². The molecule has 1 aromatic rings. The molecule has 0 saturated carbocycles. The second-order valence-electron chi connectivity index (χ2n) is 6.51. The summed E-state index contributed by atoms with van der Waals surface area (Å²) in [7, 11) is 1.37. The molecule has 0 spiro atoms. The minimum Gasteiger partial charge on any atom is -0.468 e. The second kappa shape index (κ2) is 9.93. The Balaban J connectivity index is 2.35. The van der Waals surface area contributed by atoms with Gasteiger partial charge in [-0.25, -0.2) is 4.79 Å². The molecular weight excluding hydrogens is 308 g/mol. The minimum atomic E-state index is -0.518. The van der Waals surface area contributed by atoms with Gasteiger partial charge in [-0.05, 0) is 39.2 Å². The van der Waals surface area contributed by atoms with Crippen molar-refractivity contribution in [3.63, 3.8) is 0 Å². The third-order valence-corrected chi connectivity index (χ3v) is 3.22. The average Bonchev–Trinajstić information content (AvgIpc) is 2.52. The van der Waals surface area contributed by atoms with Crippen LogP contribution in [0.5, 0.6) is 0 Å². The molecule has 24 heavy (non-hydrogen) atoms. The highest BCUT2D eigenvalue weighted by molar-refractivity contribution is 5.75. The van der Waals surface area contributed by atoms with Gasteiger partial charge < -0.3 is 20.1 Å². The van der Waals surface area contributed by atoms with Crippen LogP contribution in [0.15, 0.2) is 30.3 Å². The third-order valence-electron chi connectivity index (χ3n) is 3.22. The van der Waals surface area contributed by atoms with E-state index in [1.807, 2.05) is 51.1 Å². The van der Waals surface area contributed by atoms with Crippen LogP contribution in [0.4, 0.5) is 4.79 Å². The average molecular weight is 336 g/mol. The van der Waals surface area contributed by atoms with E-state index in [0.717, 1.165) is 5.56 Å². The predicted molar refractivity (Wildman–Crippen MR) is 92.6 cm³/mol. The van der Waals surface area contributed by atoms with E-state index in [-0.39, 0.29) is 5.97 Å². The summed E-state index contributed by atoms with van der Waals surface area (Å²) in [5.41, 5.74) is 0.578. The number of nitrogens with one attached hydrogen (secondary N) is 2. The zero-order chi connectivity index (χ0) is 18.0. The molecule has 0 bridgehead atoms. The van der Waals surface area contributed by atoms with E-state index in [1.54, 1.807) is 0 Å². The van der Waals surface area contributed by atoms with Crippen LogP contribution in [-0.4, -0.2) is 37.4 Å². The molecule has 134 valence electrons. The molecule has 0 heterocycles. The molecule has 0 saturated heterocycles. The van der Waals surface area contributed by atoms with Gasteiger partial charge in [0.2, 0.25) is 0 Å². The quantitative estimate of drug-likeness (QED) is 0.564. The van der Waals surface area contributed by atoms with Crippen LogP contribution in [0, 0.1) is 0 Å². The van der Waals surface area contributed by atoms with Crippen molar-refractivity contribution in [2.24, 2.45) is 0 Å². The summed E-state index contributed by atoms with van der Waals surface area (Å²) >= 11 is 0. The molecule has 1 amide bonds. The van der Waals surface area contributed by atoms with Gasteiger partial charge >= 0.3 is 12.1 Å². The second-order valence-corrected chi connectivity index (χ2v) is 6.51.